The minimum atomic E-state index is -0.978. The van der Waals surface area contributed by atoms with Crippen molar-refractivity contribution < 1.29 is 14.6 Å². The highest BCUT2D eigenvalue weighted by molar-refractivity contribution is 5.41. The second-order valence-electron chi connectivity index (χ2n) is 7.53. The predicted molar refractivity (Wildman–Crippen MR) is 78.9 cm³/mol. The number of aliphatic hydroxyl groups excluding tert-OH is 1. The number of aromatic hydroxyl groups is 1. The van der Waals surface area contributed by atoms with E-state index in [1.54, 1.807) is 12.1 Å². The lowest BCUT2D eigenvalue weighted by Crippen LogP contribution is -2.44. The highest BCUT2D eigenvalue weighted by Gasteiger charge is 2.55. The molecule has 0 aromatic heterocycles. The van der Waals surface area contributed by atoms with E-state index in [-0.39, 0.29) is 17.3 Å². The van der Waals surface area contributed by atoms with Crippen LogP contribution in [0.1, 0.15) is 62.2 Å². The molecule has 0 amide bonds. The molecule has 1 aromatic carbocycles. The summed E-state index contributed by atoms with van der Waals surface area (Å²) in [7, 11) is 0. The number of phenolic OH excluding ortho intramolecular Hbond substituents is 1. The van der Waals surface area contributed by atoms with E-state index in [9.17, 15) is 14.6 Å². The first-order valence-electron chi connectivity index (χ1n) is 8.15. The van der Waals surface area contributed by atoms with Crippen LogP contribution in [0.2, 0.25) is 0 Å². The lowest BCUT2D eigenvalue weighted by molar-refractivity contribution is -0.0301. The average Bonchev–Trinajstić information content (AvgIpc) is 2.76. The third-order valence-electron chi connectivity index (χ3n) is 6.67. The third kappa shape index (κ3) is 1.79. The van der Waals surface area contributed by atoms with Gasteiger partial charge in [-0.1, -0.05) is 13.0 Å². The number of hydrogen-bond acceptors (Lipinski definition) is 2. The molecule has 3 aliphatic rings. The molecular formula is C18H23FO2. The van der Waals surface area contributed by atoms with Crippen molar-refractivity contribution >= 4 is 0 Å². The molecule has 0 spiro atoms. The van der Waals surface area contributed by atoms with Gasteiger partial charge >= 0.3 is 0 Å². The van der Waals surface area contributed by atoms with Gasteiger partial charge in [-0.25, -0.2) is 4.39 Å². The zero-order valence-electron chi connectivity index (χ0n) is 12.4. The van der Waals surface area contributed by atoms with Gasteiger partial charge < -0.3 is 10.2 Å². The highest BCUT2D eigenvalue weighted by atomic mass is 19.1. The number of hydrogen-bond donors (Lipinski definition) is 2. The Morgan fingerprint density at radius 3 is 2.81 bits per heavy atom. The van der Waals surface area contributed by atoms with Crippen molar-refractivity contribution in [3.8, 4) is 5.75 Å². The Kier molecular flexibility index (Phi) is 2.88. The van der Waals surface area contributed by atoms with Crippen molar-refractivity contribution in [2.45, 2.75) is 57.2 Å². The maximum absolute atomic E-state index is 14.6. The minimum Gasteiger partial charge on any atom is -0.508 e. The summed E-state index contributed by atoms with van der Waals surface area (Å²) in [5.41, 5.74) is 1.77. The molecule has 21 heavy (non-hydrogen) atoms. The van der Waals surface area contributed by atoms with Crippen molar-refractivity contribution in [1.29, 1.82) is 0 Å². The van der Waals surface area contributed by atoms with Gasteiger partial charge in [-0.2, -0.15) is 0 Å². The van der Waals surface area contributed by atoms with Crippen LogP contribution in [-0.2, 0) is 0 Å². The number of rotatable bonds is 0. The fraction of sp³-hybridized carbons (Fsp3) is 0.667. The van der Waals surface area contributed by atoms with Gasteiger partial charge in [0.15, 0.2) is 0 Å². The van der Waals surface area contributed by atoms with E-state index in [4.69, 9.17) is 0 Å². The summed E-state index contributed by atoms with van der Waals surface area (Å²) in [6.45, 7) is 2.20. The van der Waals surface area contributed by atoms with Crippen molar-refractivity contribution in [2.24, 2.45) is 17.3 Å². The van der Waals surface area contributed by atoms with Gasteiger partial charge in [-0.05, 0) is 78.5 Å². The number of halogens is 1. The van der Waals surface area contributed by atoms with Crippen molar-refractivity contribution in [2.75, 3.05) is 0 Å². The largest absolute Gasteiger partial charge is 0.508 e. The smallest absolute Gasteiger partial charge is 0.126 e. The van der Waals surface area contributed by atoms with Crippen molar-refractivity contribution in [3.05, 3.63) is 29.3 Å². The first kappa shape index (κ1) is 13.6. The van der Waals surface area contributed by atoms with Gasteiger partial charge in [-0.3, -0.25) is 0 Å². The van der Waals surface area contributed by atoms with Crippen LogP contribution in [0, 0.1) is 17.3 Å². The van der Waals surface area contributed by atoms with Gasteiger partial charge in [0.25, 0.3) is 0 Å². The van der Waals surface area contributed by atoms with Crippen LogP contribution in [-0.4, -0.2) is 16.3 Å². The molecular weight excluding hydrogens is 267 g/mol. The second kappa shape index (κ2) is 4.45. The molecule has 6 atom stereocenters. The Labute approximate surface area is 125 Å². The normalized spacial score (nSPS) is 44.8. The molecule has 3 heteroatoms. The van der Waals surface area contributed by atoms with E-state index in [1.807, 2.05) is 6.07 Å². The molecule has 0 radical (unpaired) electrons. The SMILES string of the molecule is C[C@]12CC[C@@H]3c4ccc(O)cc4C(F)C[C@H]3[C@@H]1CCC2O. The zero-order valence-corrected chi connectivity index (χ0v) is 12.4. The molecule has 114 valence electrons. The summed E-state index contributed by atoms with van der Waals surface area (Å²) in [6.07, 6.45) is 3.30. The molecule has 0 bridgehead atoms. The van der Waals surface area contributed by atoms with E-state index < -0.39 is 6.17 Å². The van der Waals surface area contributed by atoms with Gasteiger partial charge in [0, 0.05) is 0 Å². The molecule has 2 saturated carbocycles. The van der Waals surface area contributed by atoms with E-state index in [2.05, 4.69) is 6.92 Å². The molecule has 0 aliphatic heterocycles. The Morgan fingerprint density at radius 1 is 1.19 bits per heavy atom. The van der Waals surface area contributed by atoms with E-state index >= 15 is 0 Å². The molecule has 2 unspecified atom stereocenters. The van der Waals surface area contributed by atoms with Gasteiger partial charge in [0.05, 0.1) is 6.10 Å². The summed E-state index contributed by atoms with van der Waals surface area (Å²) >= 11 is 0. The van der Waals surface area contributed by atoms with Gasteiger partial charge in [0.2, 0.25) is 0 Å². The first-order valence-corrected chi connectivity index (χ1v) is 8.15. The van der Waals surface area contributed by atoms with Crippen LogP contribution in [0.25, 0.3) is 0 Å². The maximum Gasteiger partial charge on any atom is 0.126 e. The zero-order chi connectivity index (χ0) is 14.8. The molecule has 3 aliphatic carbocycles. The van der Waals surface area contributed by atoms with Crippen LogP contribution in [0.4, 0.5) is 4.39 Å². The van der Waals surface area contributed by atoms with Gasteiger partial charge in [0.1, 0.15) is 11.9 Å². The minimum absolute atomic E-state index is 0.0185. The Balaban J connectivity index is 1.75. The van der Waals surface area contributed by atoms with Crippen LogP contribution < -0.4 is 0 Å². The summed E-state index contributed by atoms with van der Waals surface area (Å²) in [6, 6.07) is 5.21. The number of phenols is 1. The van der Waals surface area contributed by atoms with E-state index in [0.29, 0.717) is 29.7 Å². The first-order chi connectivity index (χ1) is 10.0. The lowest BCUT2D eigenvalue weighted by Gasteiger charge is -2.50. The second-order valence-corrected chi connectivity index (χ2v) is 7.53. The Hall–Kier alpha value is -1.09. The molecule has 0 saturated heterocycles. The number of aliphatic hydroxyl groups is 1. The third-order valence-corrected chi connectivity index (χ3v) is 6.67. The van der Waals surface area contributed by atoms with Crippen LogP contribution in [0.5, 0.6) is 5.75 Å². The van der Waals surface area contributed by atoms with E-state index in [1.165, 1.54) is 0 Å². The number of alkyl halides is 1. The van der Waals surface area contributed by atoms with E-state index in [0.717, 1.165) is 31.2 Å². The molecule has 2 fully saturated rings. The molecule has 0 heterocycles. The topological polar surface area (TPSA) is 40.5 Å². The average molecular weight is 290 g/mol. The monoisotopic (exact) mass is 290 g/mol. The van der Waals surface area contributed by atoms with Crippen LogP contribution >= 0.6 is 0 Å². The summed E-state index contributed by atoms with van der Waals surface area (Å²) in [5, 5.41) is 20.0. The highest BCUT2D eigenvalue weighted by Crippen LogP contribution is 2.62. The fourth-order valence-electron chi connectivity index (χ4n) is 5.51. The predicted octanol–water partition coefficient (Wildman–Crippen LogP) is 4.08. The van der Waals surface area contributed by atoms with Gasteiger partial charge in [-0.15, -0.1) is 0 Å². The molecule has 1 aromatic rings. The summed E-state index contributed by atoms with van der Waals surface area (Å²) in [4.78, 5) is 0. The Bertz CT molecular complexity index is 572. The van der Waals surface area contributed by atoms with Crippen molar-refractivity contribution in [1.82, 2.24) is 0 Å². The number of benzene rings is 1. The quantitative estimate of drug-likeness (QED) is 0.756. The van der Waals surface area contributed by atoms with Crippen LogP contribution in [0.3, 0.4) is 0 Å². The summed E-state index contributed by atoms with van der Waals surface area (Å²) < 4.78 is 14.6. The maximum atomic E-state index is 14.6. The molecule has 2 nitrogen and oxygen atoms in total. The fourth-order valence-corrected chi connectivity index (χ4v) is 5.51. The number of fused-ring (bicyclic) bond motifs is 5. The molecule has 4 rings (SSSR count). The van der Waals surface area contributed by atoms with Crippen molar-refractivity contribution in [3.63, 3.8) is 0 Å². The molecule has 2 N–H and O–H groups in total. The standard InChI is InChI=1S/C18H23FO2/c1-18-7-6-12-11-3-2-10(20)8-14(11)16(19)9-13(12)15(18)4-5-17(18)21/h2-3,8,12-13,15-17,20-21H,4-7,9H2,1H3/t12-,13-,15+,16?,17?,18+/m1/s1. The van der Waals surface area contributed by atoms with Crippen LogP contribution in [0.15, 0.2) is 18.2 Å². The Morgan fingerprint density at radius 2 is 2.00 bits per heavy atom. The summed E-state index contributed by atoms with van der Waals surface area (Å²) in [5.74, 6) is 1.34. The lowest BCUT2D eigenvalue weighted by atomic mass is 9.55.